The molecule has 1 aromatic rings. The predicted molar refractivity (Wildman–Crippen MR) is 74.9 cm³/mol. The van der Waals surface area contributed by atoms with Crippen molar-refractivity contribution in [1.29, 1.82) is 0 Å². The zero-order valence-electron chi connectivity index (χ0n) is 11.7. The molecule has 1 amide bonds. The van der Waals surface area contributed by atoms with Crippen molar-refractivity contribution in [1.82, 2.24) is 14.9 Å². The molecule has 0 spiro atoms. The normalized spacial score (nSPS) is 19.8. The Labute approximate surface area is 119 Å². The lowest BCUT2D eigenvalue weighted by atomic mass is 9.95. The summed E-state index contributed by atoms with van der Waals surface area (Å²) in [4.78, 5) is 22.3. The van der Waals surface area contributed by atoms with Crippen LogP contribution in [0, 0.1) is 11.3 Å². The summed E-state index contributed by atoms with van der Waals surface area (Å²) in [7, 11) is 0. The summed E-state index contributed by atoms with van der Waals surface area (Å²) in [5.74, 6) is 0.702. The molecule has 104 valence electrons. The molecule has 0 radical (unpaired) electrons. The van der Waals surface area contributed by atoms with Gasteiger partial charge in [0.15, 0.2) is 0 Å². The van der Waals surface area contributed by atoms with E-state index in [4.69, 9.17) is 11.6 Å². The summed E-state index contributed by atoms with van der Waals surface area (Å²) in [6, 6.07) is 1.80. The van der Waals surface area contributed by atoms with Gasteiger partial charge in [0.1, 0.15) is 11.5 Å². The number of likely N-dealkylation sites (tertiary alicyclic amines) is 1. The second kappa shape index (κ2) is 5.45. The quantitative estimate of drug-likeness (QED) is 0.783. The van der Waals surface area contributed by atoms with Gasteiger partial charge in [-0.15, -0.1) is 0 Å². The average molecular weight is 282 g/mol. The minimum absolute atomic E-state index is 0.232. The van der Waals surface area contributed by atoms with E-state index in [1.807, 2.05) is 25.7 Å². The molecule has 5 heteroatoms. The summed E-state index contributed by atoms with van der Waals surface area (Å²) in [5, 5.41) is 0.477. The van der Waals surface area contributed by atoms with Crippen LogP contribution in [0.5, 0.6) is 0 Å². The lowest BCUT2D eigenvalue weighted by Crippen LogP contribution is -2.38. The molecule has 1 unspecified atom stereocenters. The maximum Gasteiger partial charge on any atom is 0.227 e. The Kier molecular flexibility index (Phi) is 4.09. The summed E-state index contributed by atoms with van der Waals surface area (Å²) in [6.45, 7) is 7.56. The van der Waals surface area contributed by atoms with Crippen molar-refractivity contribution in [2.75, 3.05) is 13.1 Å². The van der Waals surface area contributed by atoms with Gasteiger partial charge < -0.3 is 4.90 Å². The number of hydrogen-bond acceptors (Lipinski definition) is 3. The predicted octanol–water partition coefficient (Wildman–Crippen LogP) is 2.57. The second-order valence-electron chi connectivity index (χ2n) is 6.19. The molecule has 0 aromatic carbocycles. The van der Waals surface area contributed by atoms with Crippen LogP contribution in [0.3, 0.4) is 0 Å². The smallest absolute Gasteiger partial charge is 0.227 e. The third-order valence-electron chi connectivity index (χ3n) is 3.40. The molecule has 0 saturated carbocycles. The fourth-order valence-corrected chi connectivity index (χ4v) is 2.61. The molecular formula is C14H20ClN3O. The van der Waals surface area contributed by atoms with E-state index in [1.165, 1.54) is 6.33 Å². The van der Waals surface area contributed by atoms with E-state index in [2.05, 4.69) is 9.97 Å². The molecule has 4 nitrogen and oxygen atoms in total. The van der Waals surface area contributed by atoms with E-state index in [0.29, 0.717) is 11.1 Å². The summed E-state index contributed by atoms with van der Waals surface area (Å²) in [6.07, 6.45) is 3.38. The molecule has 1 fully saturated rings. The number of rotatable bonds is 2. The van der Waals surface area contributed by atoms with Crippen LogP contribution in [-0.2, 0) is 11.2 Å². The van der Waals surface area contributed by atoms with Crippen LogP contribution in [0.2, 0.25) is 5.15 Å². The number of aromatic nitrogens is 2. The van der Waals surface area contributed by atoms with Gasteiger partial charge in [0.25, 0.3) is 0 Å². The topological polar surface area (TPSA) is 46.1 Å². The van der Waals surface area contributed by atoms with Crippen molar-refractivity contribution >= 4 is 17.5 Å². The lowest BCUT2D eigenvalue weighted by Gasteiger charge is -2.25. The average Bonchev–Trinajstić information content (AvgIpc) is 2.75. The number of halogens is 1. The number of carbonyl (C=O) groups excluding carboxylic acids is 1. The van der Waals surface area contributed by atoms with Crippen LogP contribution in [-0.4, -0.2) is 33.9 Å². The standard InChI is InChI=1S/C14H20ClN3O/c1-14(2,3)13(19)18-5-4-10(8-18)6-11-7-12(15)17-9-16-11/h7,9-10H,4-6,8H2,1-3H3. The Bertz CT molecular complexity index is 470. The van der Waals surface area contributed by atoms with Gasteiger partial charge in [0.05, 0.1) is 0 Å². The number of nitrogens with zero attached hydrogens (tertiary/aromatic N) is 3. The molecule has 1 saturated heterocycles. The SMILES string of the molecule is CC(C)(C)C(=O)N1CCC(Cc2cc(Cl)ncn2)C1. The van der Waals surface area contributed by atoms with Crippen LogP contribution in [0.4, 0.5) is 0 Å². The monoisotopic (exact) mass is 281 g/mol. The minimum Gasteiger partial charge on any atom is -0.342 e. The second-order valence-corrected chi connectivity index (χ2v) is 6.58. The highest BCUT2D eigenvalue weighted by Gasteiger charge is 2.32. The van der Waals surface area contributed by atoms with E-state index in [-0.39, 0.29) is 11.3 Å². The molecule has 1 aliphatic rings. The van der Waals surface area contributed by atoms with Crippen LogP contribution in [0.25, 0.3) is 0 Å². The highest BCUT2D eigenvalue weighted by atomic mass is 35.5. The van der Waals surface area contributed by atoms with Crippen molar-refractivity contribution in [3.8, 4) is 0 Å². The first-order chi connectivity index (χ1) is 8.86. The highest BCUT2D eigenvalue weighted by molar-refractivity contribution is 6.29. The Morgan fingerprint density at radius 2 is 2.21 bits per heavy atom. The largest absolute Gasteiger partial charge is 0.342 e. The number of carbonyl (C=O) groups is 1. The van der Waals surface area contributed by atoms with Crippen LogP contribution >= 0.6 is 11.6 Å². The van der Waals surface area contributed by atoms with Gasteiger partial charge in [-0.3, -0.25) is 4.79 Å². The van der Waals surface area contributed by atoms with Gasteiger partial charge in [0, 0.05) is 24.2 Å². The summed E-state index contributed by atoms with van der Waals surface area (Å²) in [5.41, 5.74) is 0.655. The maximum absolute atomic E-state index is 12.2. The third-order valence-corrected chi connectivity index (χ3v) is 3.61. The first kappa shape index (κ1) is 14.3. The number of amides is 1. The molecule has 0 N–H and O–H groups in total. The van der Waals surface area contributed by atoms with Crippen LogP contribution in [0.1, 0.15) is 32.9 Å². The van der Waals surface area contributed by atoms with Gasteiger partial charge in [-0.05, 0) is 24.8 Å². The fraction of sp³-hybridized carbons (Fsp3) is 0.643. The Hall–Kier alpha value is -1.16. The summed E-state index contributed by atoms with van der Waals surface area (Å²) >= 11 is 5.85. The Morgan fingerprint density at radius 3 is 2.84 bits per heavy atom. The molecule has 1 atom stereocenters. The van der Waals surface area contributed by atoms with E-state index in [9.17, 15) is 4.79 Å². The number of hydrogen-bond donors (Lipinski definition) is 0. The molecule has 1 aliphatic heterocycles. The lowest BCUT2D eigenvalue weighted by molar-refractivity contribution is -0.138. The molecule has 2 heterocycles. The van der Waals surface area contributed by atoms with Crippen molar-refractivity contribution in [3.05, 3.63) is 23.2 Å². The minimum atomic E-state index is -0.298. The van der Waals surface area contributed by atoms with Crippen LogP contribution in [0.15, 0.2) is 12.4 Å². The van der Waals surface area contributed by atoms with Gasteiger partial charge in [-0.2, -0.15) is 0 Å². The van der Waals surface area contributed by atoms with Crippen LogP contribution < -0.4 is 0 Å². The fourth-order valence-electron chi connectivity index (χ4n) is 2.44. The Balaban J connectivity index is 1.94. The van der Waals surface area contributed by atoms with Gasteiger partial charge in [-0.1, -0.05) is 32.4 Å². The van der Waals surface area contributed by atoms with Crippen molar-refractivity contribution in [2.24, 2.45) is 11.3 Å². The molecule has 1 aromatic heterocycles. The van der Waals surface area contributed by atoms with Gasteiger partial charge in [-0.25, -0.2) is 9.97 Å². The molecule has 2 rings (SSSR count). The maximum atomic E-state index is 12.2. The van der Waals surface area contributed by atoms with Crippen molar-refractivity contribution in [2.45, 2.75) is 33.6 Å². The molecule has 19 heavy (non-hydrogen) atoms. The zero-order chi connectivity index (χ0) is 14.0. The van der Waals surface area contributed by atoms with E-state index in [0.717, 1.165) is 31.6 Å². The Morgan fingerprint density at radius 1 is 1.47 bits per heavy atom. The summed E-state index contributed by atoms with van der Waals surface area (Å²) < 4.78 is 0. The highest BCUT2D eigenvalue weighted by Crippen LogP contribution is 2.25. The van der Waals surface area contributed by atoms with Crippen molar-refractivity contribution < 1.29 is 4.79 Å². The molecular weight excluding hydrogens is 262 g/mol. The first-order valence-corrected chi connectivity index (χ1v) is 7.00. The van der Waals surface area contributed by atoms with Gasteiger partial charge in [0.2, 0.25) is 5.91 Å². The molecule has 0 bridgehead atoms. The van der Waals surface area contributed by atoms with E-state index in [1.54, 1.807) is 6.07 Å². The first-order valence-electron chi connectivity index (χ1n) is 6.62. The third kappa shape index (κ3) is 3.66. The van der Waals surface area contributed by atoms with Gasteiger partial charge >= 0.3 is 0 Å². The van der Waals surface area contributed by atoms with E-state index < -0.39 is 0 Å². The zero-order valence-corrected chi connectivity index (χ0v) is 12.4. The van der Waals surface area contributed by atoms with E-state index >= 15 is 0 Å². The molecule has 0 aliphatic carbocycles. The van der Waals surface area contributed by atoms with Crippen molar-refractivity contribution in [3.63, 3.8) is 0 Å².